The number of aryl methyl sites for hydroxylation is 1. The molecule has 0 aliphatic carbocycles. The van der Waals surface area contributed by atoms with Crippen LogP contribution < -0.4 is 10.2 Å². The molecule has 2 aromatic rings. The van der Waals surface area contributed by atoms with Gasteiger partial charge in [-0.25, -0.2) is 0 Å². The third-order valence-corrected chi connectivity index (χ3v) is 4.49. The molecule has 2 aromatic carbocycles. The van der Waals surface area contributed by atoms with Gasteiger partial charge >= 0.3 is 0 Å². The van der Waals surface area contributed by atoms with Crippen LogP contribution >= 0.6 is 11.6 Å². The van der Waals surface area contributed by atoms with E-state index < -0.39 is 0 Å². The molecular formula is C20H21ClN2O. The number of hydrogen-bond donors (Lipinski definition) is 1. The van der Waals surface area contributed by atoms with Gasteiger partial charge in [0.25, 0.3) is 5.91 Å². The van der Waals surface area contributed by atoms with E-state index in [1.807, 2.05) is 60.5 Å². The number of likely N-dealkylation sites (N-methyl/N-ethyl adjacent to an activating group) is 1. The molecular weight excluding hydrogens is 320 g/mol. The summed E-state index contributed by atoms with van der Waals surface area (Å²) in [5.41, 5.74) is 4.09. The van der Waals surface area contributed by atoms with Crippen molar-refractivity contribution in [3.05, 3.63) is 70.8 Å². The van der Waals surface area contributed by atoms with Crippen LogP contribution in [0, 0.1) is 0 Å². The number of anilines is 1. The molecule has 1 aliphatic heterocycles. The van der Waals surface area contributed by atoms with Crippen LogP contribution in [0.3, 0.4) is 0 Å². The molecule has 0 aromatic heterocycles. The van der Waals surface area contributed by atoms with E-state index in [9.17, 15) is 4.79 Å². The lowest BCUT2D eigenvalue weighted by Gasteiger charge is -2.16. The van der Waals surface area contributed by atoms with E-state index >= 15 is 0 Å². The van der Waals surface area contributed by atoms with Crippen LogP contribution in [0.4, 0.5) is 5.69 Å². The fourth-order valence-electron chi connectivity index (χ4n) is 2.98. The molecule has 0 atom stereocenters. The number of para-hydroxylation sites is 1. The zero-order chi connectivity index (χ0) is 16.9. The largest absolute Gasteiger partial charge is 0.318 e. The number of benzene rings is 2. The summed E-state index contributed by atoms with van der Waals surface area (Å²) in [6.45, 7) is 1.46. The zero-order valence-corrected chi connectivity index (χ0v) is 14.5. The summed E-state index contributed by atoms with van der Waals surface area (Å²) in [5, 5.41) is 3.85. The van der Waals surface area contributed by atoms with E-state index in [2.05, 4.69) is 11.4 Å². The highest BCUT2D eigenvalue weighted by molar-refractivity contribution is 6.32. The van der Waals surface area contributed by atoms with Crippen LogP contribution in [0.5, 0.6) is 0 Å². The minimum atomic E-state index is 0.0996. The molecule has 1 N–H and O–H groups in total. The lowest BCUT2D eigenvalue weighted by atomic mass is 10.0. The first-order chi connectivity index (χ1) is 11.7. The molecule has 1 aliphatic rings. The van der Waals surface area contributed by atoms with Gasteiger partial charge in [-0.15, -0.1) is 0 Å². The predicted octanol–water partition coefficient (Wildman–Crippen LogP) is 3.92. The second kappa shape index (κ2) is 7.65. The normalized spacial score (nSPS) is 15.2. The fraction of sp³-hybridized carbons (Fsp3) is 0.250. The molecule has 0 fully saturated rings. The number of nitrogens with one attached hydrogen (secondary N) is 1. The molecule has 24 heavy (non-hydrogen) atoms. The Labute approximate surface area is 147 Å². The summed E-state index contributed by atoms with van der Waals surface area (Å²) in [5.74, 6) is 0.0996. The van der Waals surface area contributed by atoms with Crippen molar-refractivity contribution in [1.82, 2.24) is 5.32 Å². The van der Waals surface area contributed by atoms with Gasteiger partial charge in [0.2, 0.25) is 0 Å². The average Bonchev–Trinajstić information content (AvgIpc) is 2.87. The van der Waals surface area contributed by atoms with Crippen LogP contribution in [0.1, 0.15) is 17.5 Å². The number of amides is 1. The number of hydrogen-bond acceptors (Lipinski definition) is 2. The van der Waals surface area contributed by atoms with Gasteiger partial charge in [-0.05, 0) is 43.7 Å². The first-order valence-electron chi connectivity index (χ1n) is 8.21. The SMILES string of the molecule is CNCCN1C(=O)/C(=C/CCc2ccc(Cl)cc2)c2ccccc21. The Balaban J connectivity index is 1.77. The Morgan fingerprint density at radius 2 is 1.88 bits per heavy atom. The minimum absolute atomic E-state index is 0.0996. The van der Waals surface area contributed by atoms with Crippen LogP contribution in [0.25, 0.3) is 5.57 Å². The van der Waals surface area contributed by atoms with Crippen molar-refractivity contribution in [2.45, 2.75) is 12.8 Å². The van der Waals surface area contributed by atoms with Gasteiger partial charge in [-0.3, -0.25) is 4.79 Å². The van der Waals surface area contributed by atoms with Crippen molar-refractivity contribution < 1.29 is 4.79 Å². The highest BCUT2D eigenvalue weighted by Crippen LogP contribution is 2.36. The molecule has 3 rings (SSSR count). The van der Waals surface area contributed by atoms with Crippen LogP contribution in [0.15, 0.2) is 54.6 Å². The van der Waals surface area contributed by atoms with Crippen LogP contribution in [-0.4, -0.2) is 26.0 Å². The molecule has 3 nitrogen and oxygen atoms in total. The van der Waals surface area contributed by atoms with Crippen molar-refractivity contribution >= 4 is 28.8 Å². The Morgan fingerprint density at radius 3 is 2.62 bits per heavy atom. The second-order valence-electron chi connectivity index (χ2n) is 5.86. The molecule has 124 valence electrons. The average molecular weight is 341 g/mol. The molecule has 1 amide bonds. The zero-order valence-electron chi connectivity index (χ0n) is 13.8. The Bertz CT molecular complexity index is 752. The predicted molar refractivity (Wildman–Crippen MR) is 100 cm³/mol. The van der Waals surface area contributed by atoms with Gasteiger partial charge in [0.05, 0.1) is 5.69 Å². The number of carbonyl (C=O) groups is 1. The minimum Gasteiger partial charge on any atom is -0.318 e. The van der Waals surface area contributed by atoms with E-state index in [-0.39, 0.29) is 5.91 Å². The fourth-order valence-corrected chi connectivity index (χ4v) is 3.11. The van der Waals surface area contributed by atoms with Crippen molar-refractivity contribution in [2.24, 2.45) is 0 Å². The van der Waals surface area contributed by atoms with Crippen molar-refractivity contribution in [3.8, 4) is 0 Å². The summed E-state index contributed by atoms with van der Waals surface area (Å²) in [4.78, 5) is 14.6. The van der Waals surface area contributed by atoms with Crippen molar-refractivity contribution in [2.75, 3.05) is 25.0 Å². The maximum Gasteiger partial charge on any atom is 0.258 e. The van der Waals surface area contributed by atoms with Gasteiger partial charge < -0.3 is 10.2 Å². The van der Waals surface area contributed by atoms with Gasteiger partial charge in [-0.1, -0.05) is 48.0 Å². The summed E-state index contributed by atoms with van der Waals surface area (Å²) in [7, 11) is 1.90. The molecule has 1 heterocycles. The van der Waals surface area contributed by atoms with E-state index in [4.69, 9.17) is 11.6 Å². The second-order valence-corrected chi connectivity index (χ2v) is 6.30. The third kappa shape index (κ3) is 3.53. The van der Waals surface area contributed by atoms with Gasteiger partial charge in [0, 0.05) is 29.2 Å². The van der Waals surface area contributed by atoms with E-state index in [1.165, 1.54) is 5.56 Å². The topological polar surface area (TPSA) is 32.3 Å². The molecule has 0 saturated heterocycles. The van der Waals surface area contributed by atoms with Gasteiger partial charge in [0.15, 0.2) is 0 Å². The number of fused-ring (bicyclic) bond motifs is 1. The molecule has 0 saturated carbocycles. The number of nitrogens with zero attached hydrogens (tertiary/aromatic N) is 1. The van der Waals surface area contributed by atoms with Crippen molar-refractivity contribution in [3.63, 3.8) is 0 Å². The lowest BCUT2D eigenvalue weighted by Crippen LogP contribution is -2.32. The number of allylic oxidation sites excluding steroid dienone is 1. The Morgan fingerprint density at radius 1 is 1.12 bits per heavy atom. The highest BCUT2D eigenvalue weighted by Gasteiger charge is 2.31. The number of halogens is 1. The Hall–Kier alpha value is -2.10. The number of rotatable bonds is 6. The summed E-state index contributed by atoms with van der Waals surface area (Å²) < 4.78 is 0. The van der Waals surface area contributed by atoms with Crippen LogP contribution in [-0.2, 0) is 11.2 Å². The molecule has 0 radical (unpaired) electrons. The molecule has 0 spiro atoms. The molecule has 4 heteroatoms. The number of carbonyl (C=O) groups excluding carboxylic acids is 1. The first kappa shape index (κ1) is 16.7. The monoisotopic (exact) mass is 340 g/mol. The smallest absolute Gasteiger partial charge is 0.258 e. The van der Waals surface area contributed by atoms with E-state index in [1.54, 1.807) is 0 Å². The lowest BCUT2D eigenvalue weighted by molar-refractivity contribution is -0.113. The third-order valence-electron chi connectivity index (χ3n) is 4.24. The molecule has 0 bridgehead atoms. The van der Waals surface area contributed by atoms with E-state index in [0.717, 1.165) is 41.2 Å². The summed E-state index contributed by atoms with van der Waals surface area (Å²) in [6.07, 6.45) is 3.79. The maximum absolute atomic E-state index is 12.8. The maximum atomic E-state index is 12.8. The highest BCUT2D eigenvalue weighted by atomic mass is 35.5. The first-order valence-corrected chi connectivity index (χ1v) is 8.59. The van der Waals surface area contributed by atoms with E-state index in [0.29, 0.717) is 6.54 Å². The van der Waals surface area contributed by atoms with Gasteiger partial charge in [-0.2, -0.15) is 0 Å². The molecule has 0 unspecified atom stereocenters. The van der Waals surface area contributed by atoms with Crippen LogP contribution in [0.2, 0.25) is 5.02 Å². The van der Waals surface area contributed by atoms with Gasteiger partial charge in [0.1, 0.15) is 0 Å². The van der Waals surface area contributed by atoms with Crippen molar-refractivity contribution in [1.29, 1.82) is 0 Å². The Kier molecular flexibility index (Phi) is 5.34. The summed E-state index contributed by atoms with van der Waals surface area (Å²) in [6, 6.07) is 15.9. The quantitative estimate of drug-likeness (QED) is 0.808. The standard InChI is InChI=1S/C20H21ClN2O/c1-22-13-14-23-19-8-3-2-6-17(19)18(20(23)24)7-4-5-15-9-11-16(21)12-10-15/h2-3,6-12,22H,4-5,13-14H2,1H3/b18-7+. The summed E-state index contributed by atoms with van der Waals surface area (Å²) >= 11 is 5.92.